The van der Waals surface area contributed by atoms with E-state index in [0.717, 1.165) is 32.1 Å². The first-order valence-corrected chi connectivity index (χ1v) is 20.6. The van der Waals surface area contributed by atoms with Crippen LogP contribution < -0.4 is 0 Å². The molecule has 300 valence electrons. The minimum absolute atomic E-state index is 0.0285. The summed E-state index contributed by atoms with van der Waals surface area (Å²) in [6, 6.07) is 0. The van der Waals surface area contributed by atoms with E-state index in [1.807, 2.05) is 5.92 Å². The fourth-order valence-corrected chi connectivity index (χ4v) is 6.62. The number of ether oxygens (including phenoxy) is 2. The quantitative estimate of drug-likeness (QED) is 0.0242. The van der Waals surface area contributed by atoms with Gasteiger partial charge in [0, 0.05) is 12.3 Å². The molecule has 0 aliphatic heterocycles. The smallest absolute Gasteiger partial charge is 0.456 e. The topological polar surface area (TPSA) is 256 Å². The summed E-state index contributed by atoms with van der Waals surface area (Å²) in [6.07, 6.45) is 3.94. The molecule has 0 bridgehead atoms. The predicted octanol–water partition coefficient (Wildman–Crippen LogP) is 2.01. The van der Waals surface area contributed by atoms with Crippen molar-refractivity contribution in [2.24, 2.45) is 0 Å². The van der Waals surface area contributed by atoms with Crippen molar-refractivity contribution >= 4 is 27.6 Å². The Labute approximate surface area is 316 Å². The molecular weight excluding hydrogens is 750 g/mol. The van der Waals surface area contributed by atoms with Gasteiger partial charge in [-0.15, -0.1) is 6.42 Å². The van der Waals surface area contributed by atoms with Crippen LogP contribution >= 0.6 is 15.6 Å². The first-order valence-electron chi connectivity index (χ1n) is 17.6. The Balaban J connectivity index is 2.79. The van der Waals surface area contributed by atoms with Crippen molar-refractivity contribution in [3.8, 4) is 59.7 Å². The molecule has 1 aliphatic carbocycles. The van der Waals surface area contributed by atoms with Gasteiger partial charge >= 0.3 is 27.6 Å². The number of unbranched alkanes of at least 4 members (excludes halogenated alkanes) is 12. The molecule has 0 heterocycles. The molecule has 7 N–H and O–H groups in total. The Morgan fingerprint density at radius 2 is 1.13 bits per heavy atom. The highest BCUT2D eigenvalue weighted by Crippen LogP contribution is 2.49. The molecule has 0 amide bonds. The summed E-state index contributed by atoms with van der Waals surface area (Å²) >= 11 is 0. The SMILES string of the molecule is C#CC#CC#CC#CC#CC(=O)OC[C@@H](COP(=O)(O)OC1C(O)C(O)C(O)C(OP(=O)(O)O)[C@@H]1O)OC(=O)CCCCCCCCCCCCCCC. The number of aliphatic hydroxyl groups is 4. The molecule has 8 atom stereocenters. The van der Waals surface area contributed by atoms with Gasteiger partial charge in [-0.1, -0.05) is 84.0 Å². The van der Waals surface area contributed by atoms with Gasteiger partial charge in [-0.25, -0.2) is 13.9 Å². The molecule has 0 aromatic rings. The lowest BCUT2D eigenvalue weighted by Crippen LogP contribution is -2.64. The second-order valence-electron chi connectivity index (χ2n) is 12.2. The maximum atomic E-state index is 12.8. The van der Waals surface area contributed by atoms with Crippen LogP contribution in [0.5, 0.6) is 0 Å². The van der Waals surface area contributed by atoms with E-state index in [1.165, 1.54) is 44.9 Å². The zero-order valence-electron chi connectivity index (χ0n) is 30.1. The Kier molecular flexibility index (Phi) is 24.8. The van der Waals surface area contributed by atoms with Gasteiger partial charge in [0.2, 0.25) is 0 Å². The van der Waals surface area contributed by atoms with Crippen molar-refractivity contribution < 1.29 is 76.9 Å². The minimum atomic E-state index is -5.38. The third-order valence-corrected chi connectivity index (χ3v) is 9.28. The minimum Gasteiger partial charge on any atom is -0.456 e. The van der Waals surface area contributed by atoms with Gasteiger partial charge in [-0.2, -0.15) is 0 Å². The number of phosphoric acid groups is 2. The van der Waals surface area contributed by atoms with E-state index < -0.39 is 83.5 Å². The predicted molar refractivity (Wildman–Crippen MR) is 193 cm³/mol. The van der Waals surface area contributed by atoms with Gasteiger partial charge in [0.1, 0.15) is 43.2 Å². The van der Waals surface area contributed by atoms with Crippen LogP contribution in [0.2, 0.25) is 0 Å². The van der Waals surface area contributed by atoms with Crippen molar-refractivity contribution in [2.45, 2.75) is 140 Å². The lowest BCUT2D eigenvalue weighted by Gasteiger charge is -2.43. The summed E-state index contributed by atoms with van der Waals surface area (Å²) in [5.41, 5.74) is 0. The number of carbonyl (C=O) groups is 2. The number of phosphoric ester groups is 2. The van der Waals surface area contributed by atoms with Crippen LogP contribution in [0.15, 0.2) is 0 Å². The van der Waals surface area contributed by atoms with E-state index in [1.54, 1.807) is 0 Å². The molecule has 1 rings (SSSR count). The van der Waals surface area contributed by atoms with Gasteiger partial charge < -0.3 is 44.6 Å². The number of aliphatic hydroxyl groups excluding tert-OH is 4. The highest BCUT2D eigenvalue weighted by molar-refractivity contribution is 7.47. The van der Waals surface area contributed by atoms with Crippen LogP contribution in [0.3, 0.4) is 0 Å². The molecule has 1 saturated carbocycles. The van der Waals surface area contributed by atoms with E-state index in [-0.39, 0.29) is 6.42 Å². The maximum Gasteiger partial charge on any atom is 0.472 e. The molecule has 1 fully saturated rings. The number of carbonyl (C=O) groups excluding carboxylic acids is 2. The summed E-state index contributed by atoms with van der Waals surface area (Å²) in [6.45, 7) is 0.531. The van der Waals surface area contributed by atoms with E-state index in [0.29, 0.717) is 6.42 Å². The van der Waals surface area contributed by atoms with E-state index in [9.17, 15) is 44.0 Å². The number of terminal acetylenes is 1. The normalized spacial score (nSPS) is 22.1. The van der Waals surface area contributed by atoms with Crippen LogP contribution in [-0.2, 0) is 41.8 Å². The number of hydrogen-bond donors (Lipinski definition) is 7. The molecule has 0 radical (unpaired) electrons. The summed E-state index contributed by atoms with van der Waals surface area (Å²) in [7, 11) is -10.7. The van der Waals surface area contributed by atoms with E-state index in [2.05, 4.69) is 58.8 Å². The van der Waals surface area contributed by atoms with E-state index in [4.69, 9.17) is 34.7 Å². The van der Waals surface area contributed by atoms with Gasteiger partial charge in [-0.3, -0.25) is 18.4 Å². The van der Waals surface area contributed by atoms with Crippen molar-refractivity contribution in [3.63, 3.8) is 0 Å². The lowest BCUT2D eigenvalue weighted by molar-refractivity contribution is -0.216. The highest BCUT2D eigenvalue weighted by Gasteiger charge is 2.54. The summed E-state index contributed by atoms with van der Waals surface area (Å²) in [5.74, 6) is 18.2. The Morgan fingerprint density at radius 3 is 1.65 bits per heavy atom. The maximum absolute atomic E-state index is 12.8. The summed E-state index contributed by atoms with van der Waals surface area (Å²) < 4.78 is 48.3. The first-order chi connectivity index (χ1) is 25.6. The molecule has 0 aromatic carbocycles. The highest BCUT2D eigenvalue weighted by atomic mass is 31.2. The largest absolute Gasteiger partial charge is 0.472 e. The van der Waals surface area contributed by atoms with Crippen LogP contribution in [0, 0.1) is 59.7 Å². The van der Waals surface area contributed by atoms with Crippen molar-refractivity contribution in [2.75, 3.05) is 13.2 Å². The molecule has 16 nitrogen and oxygen atoms in total. The van der Waals surface area contributed by atoms with E-state index >= 15 is 0 Å². The molecule has 1 aliphatic rings. The molecule has 18 heteroatoms. The Hall–Kier alpha value is -3.20. The lowest BCUT2D eigenvalue weighted by atomic mass is 9.85. The van der Waals surface area contributed by atoms with Gasteiger partial charge in [-0.05, 0) is 53.8 Å². The molecule has 54 heavy (non-hydrogen) atoms. The second-order valence-corrected chi connectivity index (χ2v) is 14.8. The zero-order valence-corrected chi connectivity index (χ0v) is 31.9. The van der Waals surface area contributed by atoms with Gasteiger partial charge in [0.05, 0.1) is 6.61 Å². The molecule has 6 unspecified atom stereocenters. The van der Waals surface area contributed by atoms with Gasteiger partial charge in [0.15, 0.2) is 6.10 Å². The third kappa shape index (κ3) is 22.2. The molecule has 0 spiro atoms. The zero-order chi connectivity index (χ0) is 40.4. The fraction of sp³-hybridized carbons (Fsp3) is 0.667. The summed E-state index contributed by atoms with van der Waals surface area (Å²) in [5, 5.41) is 40.8. The summed E-state index contributed by atoms with van der Waals surface area (Å²) in [4.78, 5) is 53.3. The van der Waals surface area contributed by atoms with Crippen molar-refractivity contribution in [1.82, 2.24) is 0 Å². The molecule has 0 aromatic heterocycles. The average Bonchev–Trinajstić information content (AvgIpc) is 3.11. The standard InChI is InChI=1S/C36H50O16P2/c1-3-5-7-9-11-13-14-15-16-17-19-21-23-25-30(38)50-28(26-48-29(37)24-22-20-18-12-10-8-6-4-2)27-49-54(46,47)52-36-33(41)31(39)32(40)35(34(36)42)51-53(43,44)45/h2,28,31-36,39-42H,3,5,7,9,11,13-17,19,21,23,25-27H2,1H3,(H,46,47)(H2,43,44,45)/t28-,31?,32?,33?,34-,35?,36?/m0/s1. The number of hydrogen-bond acceptors (Lipinski definition) is 13. The van der Waals surface area contributed by atoms with Crippen molar-refractivity contribution in [1.29, 1.82) is 0 Å². The number of rotatable bonds is 24. The van der Waals surface area contributed by atoms with Crippen molar-refractivity contribution in [3.05, 3.63) is 0 Å². The average molecular weight is 801 g/mol. The number of esters is 2. The van der Waals surface area contributed by atoms with Crippen LogP contribution in [-0.4, -0.2) is 103 Å². The monoisotopic (exact) mass is 800 g/mol. The molecular formula is C36H50O16P2. The van der Waals surface area contributed by atoms with Crippen LogP contribution in [0.1, 0.15) is 96.8 Å². The molecule has 0 saturated heterocycles. The fourth-order valence-electron chi connectivity index (χ4n) is 5.08. The van der Waals surface area contributed by atoms with Crippen LogP contribution in [0.4, 0.5) is 0 Å². The Morgan fingerprint density at radius 1 is 0.648 bits per heavy atom. The third-order valence-electron chi connectivity index (χ3n) is 7.78. The van der Waals surface area contributed by atoms with Crippen LogP contribution in [0.25, 0.3) is 0 Å². The Bertz CT molecular complexity index is 1560. The first kappa shape index (κ1) is 48.8. The second kappa shape index (κ2) is 27.4. The van der Waals surface area contributed by atoms with Gasteiger partial charge in [0.25, 0.3) is 0 Å².